The lowest BCUT2D eigenvalue weighted by Crippen LogP contribution is -2.46. The summed E-state index contributed by atoms with van der Waals surface area (Å²) >= 11 is 0. The summed E-state index contributed by atoms with van der Waals surface area (Å²) in [7, 11) is 0. The maximum Gasteiger partial charge on any atom is 0.253 e. The molecule has 170 valence electrons. The Kier molecular flexibility index (Phi) is 7.75. The van der Waals surface area contributed by atoms with Gasteiger partial charge in [-0.25, -0.2) is 0 Å². The number of benzene rings is 3. The number of rotatable bonds is 8. The summed E-state index contributed by atoms with van der Waals surface area (Å²) < 4.78 is 5.64. The van der Waals surface area contributed by atoms with Crippen molar-refractivity contribution in [3.63, 3.8) is 0 Å². The Bertz CT molecular complexity index is 1030. The highest BCUT2D eigenvalue weighted by Gasteiger charge is 2.24. The Morgan fingerprint density at radius 2 is 1.42 bits per heavy atom. The number of nitrogens with one attached hydrogen (secondary N) is 1. The van der Waals surface area contributed by atoms with Crippen molar-refractivity contribution in [1.29, 1.82) is 0 Å². The molecule has 0 saturated carbocycles. The van der Waals surface area contributed by atoms with E-state index >= 15 is 0 Å². The smallest absolute Gasteiger partial charge is 0.253 e. The SMILES string of the molecule is O=C(CCCOc1ccccc1)NC1CCN(C(=O)c2ccc(-c3ccccc3)cc2)CC1. The highest BCUT2D eigenvalue weighted by atomic mass is 16.5. The molecule has 1 N–H and O–H groups in total. The fourth-order valence-electron chi connectivity index (χ4n) is 4.08. The Morgan fingerprint density at radius 3 is 2.09 bits per heavy atom. The lowest BCUT2D eigenvalue weighted by Gasteiger charge is -2.32. The van der Waals surface area contributed by atoms with Crippen LogP contribution in [0.1, 0.15) is 36.0 Å². The van der Waals surface area contributed by atoms with Crippen LogP contribution in [0.15, 0.2) is 84.9 Å². The molecule has 0 atom stereocenters. The predicted molar refractivity (Wildman–Crippen MR) is 130 cm³/mol. The van der Waals surface area contributed by atoms with E-state index in [0.29, 0.717) is 38.1 Å². The minimum Gasteiger partial charge on any atom is -0.494 e. The Labute approximate surface area is 195 Å². The molecule has 0 radical (unpaired) electrons. The summed E-state index contributed by atoms with van der Waals surface area (Å²) in [6.45, 7) is 1.83. The van der Waals surface area contributed by atoms with Gasteiger partial charge in [-0.1, -0.05) is 60.7 Å². The molecule has 3 aromatic rings. The van der Waals surface area contributed by atoms with Crippen molar-refractivity contribution in [3.05, 3.63) is 90.5 Å². The van der Waals surface area contributed by atoms with Crippen LogP contribution in [-0.2, 0) is 4.79 Å². The summed E-state index contributed by atoms with van der Waals surface area (Å²) in [6, 6.07) is 27.7. The molecular formula is C28H30N2O3. The van der Waals surface area contributed by atoms with E-state index in [1.165, 1.54) is 0 Å². The van der Waals surface area contributed by atoms with Crippen LogP contribution < -0.4 is 10.1 Å². The largest absolute Gasteiger partial charge is 0.494 e. The molecular weight excluding hydrogens is 412 g/mol. The molecule has 33 heavy (non-hydrogen) atoms. The zero-order chi connectivity index (χ0) is 22.9. The van der Waals surface area contributed by atoms with E-state index in [2.05, 4.69) is 17.4 Å². The highest BCUT2D eigenvalue weighted by Crippen LogP contribution is 2.21. The molecule has 1 heterocycles. The zero-order valence-electron chi connectivity index (χ0n) is 18.8. The maximum absolute atomic E-state index is 12.9. The van der Waals surface area contributed by atoms with Gasteiger partial charge in [-0.05, 0) is 54.7 Å². The lowest BCUT2D eigenvalue weighted by molar-refractivity contribution is -0.122. The molecule has 0 aliphatic carbocycles. The summed E-state index contributed by atoms with van der Waals surface area (Å²) in [5.74, 6) is 0.926. The van der Waals surface area contributed by atoms with Crippen molar-refractivity contribution >= 4 is 11.8 Å². The number of carbonyl (C=O) groups excluding carboxylic acids is 2. The van der Waals surface area contributed by atoms with Crippen LogP contribution in [0, 0.1) is 0 Å². The molecule has 0 aromatic heterocycles. The first-order valence-electron chi connectivity index (χ1n) is 11.6. The molecule has 1 fully saturated rings. The Morgan fingerprint density at radius 1 is 0.818 bits per heavy atom. The quantitative estimate of drug-likeness (QED) is 0.503. The van der Waals surface area contributed by atoms with Gasteiger partial charge in [-0.3, -0.25) is 9.59 Å². The number of carbonyl (C=O) groups is 2. The third-order valence-electron chi connectivity index (χ3n) is 5.95. The van der Waals surface area contributed by atoms with Crippen LogP contribution in [0.4, 0.5) is 0 Å². The van der Waals surface area contributed by atoms with Gasteiger partial charge in [0.2, 0.25) is 5.91 Å². The zero-order valence-corrected chi connectivity index (χ0v) is 18.8. The molecule has 4 rings (SSSR count). The lowest BCUT2D eigenvalue weighted by atomic mass is 10.0. The van der Waals surface area contributed by atoms with Gasteiger partial charge in [-0.15, -0.1) is 0 Å². The normalized spacial score (nSPS) is 14.0. The van der Waals surface area contributed by atoms with E-state index < -0.39 is 0 Å². The molecule has 0 unspecified atom stereocenters. The van der Waals surface area contributed by atoms with Gasteiger partial charge in [0.15, 0.2) is 0 Å². The molecule has 0 bridgehead atoms. The third kappa shape index (κ3) is 6.45. The van der Waals surface area contributed by atoms with Crippen molar-refractivity contribution in [2.24, 2.45) is 0 Å². The van der Waals surface area contributed by atoms with E-state index in [4.69, 9.17) is 4.74 Å². The summed E-state index contributed by atoms with van der Waals surface area (Å²) in [5, 5.41) is 3.11. The van der Waals surface area contributed by atoms with Crippen molar-refractivity contribution in [1.82, 2.24) is 10.2 Å². The van der Waals surface area contributed by atoms with E-state index in [1.54, 1.807) is 0 Å². The first kappa shape index (κ1) is 22.6. The van der Waals surface area contributed by atoms with Crippen LogP contribution in [0.3, 0.4) is 0 Å². The summed E-state index contributed by atoms with van der Waals surface area (Å²) in [6.07, 6.45) is 2.68. The first-order valence-corrected chi connectivity index (χ1v) is 11.6. The van der Waals surface area contributed by atoms with Crippen LogP contribution in [0.2, 0.25) is 0 Å². The number of likely N-dealkylation sites (tertiary alicyclic amines) is 1. The number of hydrogen-bond donors (Lipinski definition) is 1. The highest BCUT2D eigenvalue weighted by molar-refractivity contribution is 5.94. The van der Waals surface area contributed by atoms with Crippen LogP contribution in [0.5, 0.6) is 5.75 Å². The van der Waals surface area contributed by atoms with Gasteiger partial charge in [0.1, 0.15) is 5.75 Å². The van der Waals surface area contributed by atoms with Gasteiger partial charge in [0, 0.05) is 31.1 Å². The minimum atomic E-state index is 0.0490. The number of hydrogen-bond acceptors (Lipinski definition) is 3. The second kappa shape index (κ2) is 11.3. The van der Waals surface area contributed by atoms with Gasteiger partial charge < -0.3 is 15.0 Å². The number of amides is 2. The molecule has 5 heteroatoms. The Hall–Kier alpha value is -3.60. The van der Waals surface area contributed by atoms with Crippen LogP contribution in [-0.4, -0.2) is 42.5 Å². The van der Waals surface area contributed by atoms with Crippen molar-refractivity contribution in [2.45, 2.75) is 31.7 Å². The first-order chi connectivity index (χ1) is 16.2. The molecule has 0 spiro atoms. The fraction of sp³-hybridized carbons (Fsp3) is 0.286. The number of piperidine rings is 1. The average molecular weight is 443 g/mol. The second-order valence-electron chi connectivity index (χ2n) is 8.34. The predicted octanol–water partition coefficient (Wildman–Crippen LogP) is 4.93. The molecule has 1 aliphatic heterocycles. The number of ether oxygens (including phenoxy) is 1. The van der Waals surface area contributed by atoms with E-state index in [0.717, 1.165) is 29.7 Å². The average Bonchev–Trinajstić information content (AvgIpc) is 2.88. The third-order valence-corrected chi connectivity index (χ3v) is 5.95. The van der Waals surface area contributed by atoms with Gasteiger partial charge in [0.25, 0.3) is 5.91 Å². The van der Waals surface area contributed by atoms with E-state index in [-0.39, 0.29) is 17.9 Å². The van der Waals surface area contributed by atoms with Crippen molar-refractivity contribution in [3.8, 4) is 16.9 Å². The number of nitrogens with zero attached hydrogens (tertiary/aromatic N) is 1. The van der Waals surface area contributed by atoms with Crippen molar-refractivity contribution in [2.75, 3.05) is 19.7 Å². The number of para-hydroxylation sites is 1. The molecule has 1 saturated heterocycles. The van der Waals surface area contributed by atoms with Gasteiger partial charge >= 0.3 is 0 Å². The minimum absolute atomic E-state index is 0.0490. The van der Waals surface area contributed by atoms with Gasteiger partial charge in [0.05, 0.1) is 6.61 Å². The van der Waals surface area contributed by atoms with Gasteiger partial charge in [-0.2, -0.15) is 0 Å². The maximum atomic E-state index is 12.9. The monoisotopic (exact) mass is 442 g/mol. The summed E-state index contributed by atoms with van der Waals surface area (Å²) in [4.78, 5) is 27.0. The molecule has 5 nitrogen and oxygen atoms in total. The van der Waals surface area contributed by atoms with E-state index in [1.807, 2.05) is 77.7 Å². The topological polar surface area (TPSA) is 58.6 Å². The van der Waals surface area contributed by atoms with Crippen LogP contribution in [0.25, 0.3) is 11.1 Å². The van der Waals surface area contributed by atoms with E-state index in [9.17, 15) is 9.59 Å². The molecule has 3 aromatic carbocycles. The fourth-order valence-corrected chi connectivity index (χ4v) is 4.08. The molecule has 2 amide bonds. The Balaban J connectivity index is 1.17. The second-order valence-corrected chi connectivity index (χ2v) is 8.34. The van der Waals surface area contributed by atoms with Crippen LogP contribution >= 0.6 is 0 Å². The standard InChI is InChI=1S/C28H30N2O3/c31-27(12-7-21-33-26-10-5-2-6-11-26)29-25-17-19-30(20-18-25)28(32)24-15-13-23(14-16-24)22-8-3-1-4-9-22/h1-6,8-11,13-16,25H,7,12,17-21H2,(H,29,31). The summed E-state index contributed by atoms with van der Waals surface area (Å²) in [5.41, 5.74) is 2.94. The molecule has 1 aliphatic rings. The van der Waals surface area contributed by atoms with Crippen molar-refractivity contribution < 1.29 is 14.3 Å².